The Morgan fingerprint density at radius 3 is 2.83 bits per heavy atom. The molecule has 5 heteroatoms. The average Bonchev–Trinajstić information content (AvgIpc) is 2.88. The van der Waals surface area contributed by atoms with Gasteiger partial charge in [-0.25, -0.2) is 8.78 Å². The van der Waals surface area contributed by atoms with Gasteiger partial charge in [0.1, 0.15) is 0 Å². The van der Waals surface area contributed by atoms with E-state index in [2.05, 4.69) is 14.9 Å². The molecule has 1 aromatic rings. The molecule has 1 spiro atoms. The van der Waals surface area contributed by atoms with E-state index in [1.165, 1.54) is 0 Å². The van der Waals surface area contributed by atoms with Gasteiger partial charge < -0.3 is 4.90 Å². The molecule has 0 N–H and O–H groups in total. The summed E-state index contributed by atoms with van der Waals surface area (Å²) in [6.07, 6.45) is 7.49. The molecule has 0 amide bonds. The van der Waals surface area contributed by atoms with E-state index in [0.29, 0.717) is 13.0 Å². The summed E-state index contributed by atoms with van der Waals surface area (Å²) in [6.45, 7) is 2.27. The zero-order valence-corrected chi connectivity index (χ0v) is 10.3. The van der Waals surface area contributed by atoms with Crippen molar-refractivity contribution in [3.63, 3.8) is 0 Å². The Morgan fingerprint density at radius 2 is 2.17 bits per heavy atom. The minimum Gasteiger partial charge on any atom is -0.302 e. The molecule has 2 fully saturated rings. The zero-order valence-electron chi connectivity index (χ0n) is 10.3. The molecular weight excluding hydrogens is 236 g/mol. The third kappa shape index (κ3) is 2.11. The Kier molecular flexibility index (Phi) is 2.81. The van der Waals surface area contributed by atoms with Crippen molar-refractivity contribution >= 4 is 0 Å². The van der Waals surface area contributed by atoms with Gasteiger partial charge in [-0.05, 0) is 19.4 Å². The molecule has 0 bridgehead atoms. The van der Waals surface area contributed by atoms with Crippen LogP contribution in [0.2, 0.25) is 0 Å². The van der Waals surface area contributed by atoms with Crippen molar-refractivity contribution in [3.8, 4) is 0 Å². The van der Waals surface area contributed by atoms with E-state index >= 15 is 0 Å². The lowest BCUT2D eigenvalue weighted by molar-refractivity contribution is 0.0251. The van der Waals surface area contributed by atoms with Crippen molar-refractivity contribution < 1.29 is 8.78 Å². The minimum atomic E-state index is -2.42. The quantitative estimate of drug-likeness (QED) is 0.826. The van der Waals surface area contributed by atoms with E-state index in [9.17, 15) is 8.78 Å². The van der Waals surface area contributed by atoms with Crippen LogP contribution in [-0.2, 0) is 6.42 Å². The second-order valence-electron chi connectivity index (χ2n) is 5.49. The molecule has 1 saturated carbocycles. The van der Waals surface area contributed by atoms with Crippen molar-refractivity contribution in [3.05, 3.63) is 24.3 Å². The average molecular weight is 253 g/mol. The van der Waals surface area contributed by atoms with Gasteiger partial charge in [0, 0.05) is 44.5 Å². The van der Waals surface area contributed by atoms with Gasteiger partial charge in [-0.1, -0.05) is 0 Å². The molecule has 1 aliphatic heterocycles. The van der Waals surface area contributed by atoms with Gasteiger partial charge in [0.05, 0.1) is 11.1 Å². The molecule has 2 aliphatic rings. The summed E-state index contributed by atoms with van der Waals surface area (Å²) < 4.78 is 26.7. The summed E-state index contributed by atoms with van der Waals surface area (Å²) in [4.78, 5) is 10.4. The third-order valence-corrected chi connectivity index (χ3v) is 4.17. The number of aromatic nitrogens is 2. The summed E-state index contributed by atoms with van der Waals surface area (Å²) in [5, 5.41) is 0. The zero-order chi connectivity index (χ0) is 12.6. The van der Waals surface area contributed by atoms with E-state index in [1.54, 1.807) is 18.6 Å². The molecule has 2 heterocycles. The van der Waals surface area contributed by atoms with E-state index in [0.717, 1.165) is 31.6 Å². The fourth-order valence-corrected chi connectivity index (χ4v) is 2.97. The fraction of sp³-hybridized carbons (Fsp3) is 0.692. The number of nitrogens with zero attached hydrogens (tertiary/aromatic N) is 3. The van der Waals surface area contributed by atoms with Crippen molar-refractivity contribution in [1.82, 2.24) is 14.9 Å². The predicted molar refractivity (Wildman–Crippen MR) is 63.4 cm³/mol. The summed E-state index contributed by atoms with van der Waals surface area (Å²) >= 11 is 0. The topological polar surface area (TPSA) is 29.0 Å². The normalized spacial score (nSPS) is 30.6. The minimum absolute atomic E-state index is 0.0850. The Labute approximate surface area is 105 Å². The van der Waals surface area contributed by atoms with Gasteiger partial charge in [-0.15, -0.1) is 0 Å². The summed E-state index contributed by atoms with van der Waals surface area (Å²) in [7, 11) is 0. The molecule has 0 radical (unpaired) electrons. The maximum Gasteiger partial charge on any atom is 0.255 e. The largest absolute Gasteiger partial charge is 0.302 e. The molecule has 3 nitrogen and oxygen atoms in total. The highest BCUT2D eigenvalue weighted by Gasteiger charge is 2.71. The van der Waals surface area contributed by atoms with Crippen LogP contribution in [0.1, 0.15) is 25.0 Å². The van der Waals surface area contributed by atoms with Crippen LogP contribution in [0.15, 0.2) is 18.6 Å². The monoisotopic (exact) mass is 253 g/mol. The van der Waals surface area contributed by atoms with Crippen molar-refractivity contribution in [1.29, 1.82) is 0 Å². The lowest BCUT2D eigenvalue weighted by Crippen LogP contribution is -2.40. The van der Waals surface area contributed by atoms with Crippen LogP contribution < -0.4 is 0 Å². The summed E-state index contributed by atoms with van der Waals surface area (Å²) in [6, 6.07) is 0. The first-order valence-electron chi connectivity index (χ1n) is 6.46. The number of alkyl halides is 2. The molecule has 1 atom stereocenters. The second-order valence-corrected chi connectivity index (χ2v) is 5.49. The molecule has 1 unspecified atom stereocenters. The van der Waals surface area contributed by atoms with Gasteiger partial charge in [0.25, 0.3) is 5.92 Å². The van der Waals surface area contributed by atoms with Crippen LogP contribution in [0.3, 0.4) is 0 Å². The molecule has 1 aliphatic carbocycles. The van der Waals surface area contributed by atoms with Gasteiger partial charge >= 0.3 is 0 Å². The number of halogens is 2. The van der Waals surface area contributed by atoms with E-state index in [4.69, 9.17) is 0 Å². The lowest BCUT2D eigenvalue weighted by Gasteiger charge is -2.32. The van der Waals surface area contributed by atoms with Crippen molar-refractivity contribution in [2.24, 2.45) is 5.41 Å². The Hall–Kier alpha value is -1.10. The molecule has 1 saturated heterocycles. The molecule has 0 aromatic carbocycles. The first-order valence-corrected chi connectivity index (χ1v) is 6.46. The smallest absolute Gasteiger partial charge is 0.255 e. The lowest BCUT2D eigenvalue weighted by atomic mass is 9.94. The van der Waals surface area contributed by atoms with Crippen LogP contribution in [0.5, 0.6) is 0 Å². The highest BCUT2D eigenvalue weighted by atomic mass is 19.3. The highest BCUT2D eigenvalue weighted by molar-refractivity contribution is 5.13. The van der Waals surface area contributed by atoms with E-state index in [1.807, 2.05) is 0 Å². The van der Waals surface area contributed by atoms with Crippen LogP contribution in [0.4, 0.5) is 8.78 Å². The maximum atomic E-state index is 13.4. The molecule has 98 valence electrons. The van der Waals surface area contributed by atoms with Gasteiger partial charge in [-0.3, -0.25) is 9.97 Å². The Morgan fingerprint density at radius 1 is 1.33 bits per heavy atom. The summed E-state index contributed by atoms with van der Waals surface area (Å²) in [5.74, 6) is -2.42. The number of piperidine rings is 1. The number of likely N-dealkylation sites (tertiary alicyclic amines) is 1. The molecule has 3 rings (SSSR count). The SMILES string of the molecule is FC1(F)CC12CCCN(CCc1cnccn1)C2. The number of hydrogen-bond acceptors (Lipinski definition) is 3. The summed E-state index contributed by atoms with van der Waals surface area (Å²) in [5.41, 5.74) is 0.229. The number of hydrogen-bond donors (Lipinski definition) is 0. The number of rotatable bonds is 3. The Bertz CT molecular complexity index is 424. The molecule has 1 aromatic heterocycles. The van der Waals surface area contributed by atoms with Gasteiger partial charge in [0.15, 0.2) is 0 Å². The second kappa shape index (κ2) is 4.23. The van der Waals surface area contributed by atoms with Crippen LogP contribution in [0, 0.1) is 5.41 Å². The standard InChI is InChI=1S/C13H17F2N3/c14-13(15)9-12(13)3-1-6-18(10-12)7-2-11-8-16-4-5-17-11/h4-5,8H,1-3,6-7,9-10H2. The predicted octanol–water partition coefficient (Wildman–Crippen LogP) is 2.14. The van der Waals surface area contributed by atoms with Crippen LogP contribution >= 0.6 is 0 Å². The first-order chi connectivity index (χ1) is 8.61. The van der Waals surface area contributed by atoms with Gasteiger partial charge in [0.2, 0.25) is 0 Å². The fourth-order valence-electron chi connectivity index (χ4n) is 2.97. The third-order valence-electron chi connectivity index (χ3n) is 4.17. The highest BCUT2D eigenvalue weighted by Crippen LogP contribution is 2.64. The van der Waals surface area contributed by atoms with Crippen molar-refractivity contribution in [2.75, 3.05) is 19.6 Å². The first kappa shape index (κ1) is 12.0. The molecule has 18 heavy (non-hydrogen) atoms. The Balaban J connectivity index is 1.55. The van der Waals surface area contributed by atoms with Gasteiger partial charge in [-0.2, -0.15) is 0 Å². The van der Waals surface area contributed by atoms with E-state index < -0.39 is 11.3 Å². The van der Waals surface area contributed by atoms with Crippen LogP contribution in [0.25, 0.3) is 0 Å². The van der Waals surface area contributed by atoms with E-state index in [-0.39, 0.29) is 6.42 Å². The molecular formula is C13H17F2N3. The van der Waals surface area contributed by atoms with Crippen molar-refractivity contribution in [2.45, 2.75) is 31.6 Å². The maximum absolute atomic E-state index is 13.4. The van der Waals surface area contributed by atoms with Crippen LogP contribution in [-0.4, -0.2) is 40.4 Å².